The molecule has 2 heterocycles. The number of benzene rings is 2. The van der Waals surface area contributed by atoms with Crippen molar-refractivity contribution in [2.24, 2.45) is 0 Å². The third-order valence-electron chi connectivity index (χ3n) is 4.78. The summed E-state index contributed by atoms with van der Waals surface area (Å²) in [6.45, 7) is 0.337. The van der Waals surface area contributed by atoms with Crippen LogP contribution in [0.15, 0.2) is 60.7 Å². The maximum atomic E-state index is 12.5. The van der Waals surface area contributed by atoms with Gasteiger partial charge in [0.05, 0.1) is 12.2 Å². The van der Waals surface area contributed by atoms with Crippen molar-refractivity contribution >= 4 is 5.97 Å². The lowest BCUT2D eigenvalue weighted by Crippen LogP contribution is -2.56. The standard InChI is InChI=1S/C21H22O6/c1-23-18-12-16(26-20(22)14-8-4-2-5-9-14)19-17(25-18)13-24-21(27-19)15-10-6-3-7-11-15/h2-11,16-19,21H,12-13H2,1H3/t16-,17+,18+,19-,21+/m1/s1. The highest BCUT2D eigenvalue weighted by molar-refractivity contribution is 5.89. The van der Waals surface area contributed by atoms with Crippen LogP contribution in [0.3, 0.4) is 0 Å². The van der Waals surface area contributed by atoms with E-state index in [0.29, 0.717) is 18.6 Å². The number of hydrogen-bond donors (Lipinski definition) is 0. The first-order chi connectivity index (χ1) is 13.2. The number of fused-ring (bicyclic) bond motifs is 1. The first kappa shape index (κ1) is 18.1. The molecule has 2 fully saturated rings. The molecule has 0 unspecified atom stereocenters. The third-order valence-corrected chi connectivity index (χ3v) is 4.78. The largest absolute Gasteiger partial charge is 0.456 e. The van der Waals surface area contributed by atoms with Gasteiger partial charge in [0.15, 0.2) is 12.6 Å². The Morgan fingerprint density at radius 1 is 1.00 bits per heavy atom. The summed E-state index contributed by atoms with van der Waals surface area (Å²) < 4.78 is 29.0. The van der Waals surface area contributed by atoms with Crippen molar-refractivity contribution < 1.29 is 28.5 Å². The molecule has 4 rings (SSSR count). The van der Waals surface area contributed by atoms with Crippen LogP contribution < -0.4 is 0 Å². The molecule has 0 aromatic heterocycles. The van der Waals surface area contributed by atoms with Gasteiger partial charge in [0.25, 0.3) is 0 Å². The lowest BCUT2D eigenvalue weighted by Gasteiger charge is -2.45. The van der Waals surface area contributed by atoms with Crippen LogP contribution in [0.2, 0.25) is 0 Å². The van der Waals surface area contributed by atoms with Gasteiger partial charge in [0.1, 0.15) is 18.3 Å². The molecule has 0 aliphatic carbocycles. The lowest BCUT2D eigenvalue weighted by molar-refractivity contribution is -0.333. The van der Waals surface area contributed by atoms with Crippen LogP contribution in [-0.2, 0) is 23.7 Å². The molecule has 0 radical (unpaired) electrons. The molecule has 2 aliphatic heterocycles. The normalized spacial score (nSPS) is 30.3. The molecule has 2 aromatic rings. The summed E-state index contributed by atoms with van der Waals surface area (Å²) in [6, 6.07) is 18.6. The molecule has 2 saturated heterocycles. The highest BCUT2D eigenvalue weighted by Crippen LogP contribution is 2.35. The van der Waals surface area contributed by atoms with E-state index in [4.69, 9.17) is 23.7 Å². The minimum atomic E-state index is -0.520. The number of methoxy groups -OCH3 is 1. The van der Waals surface area contributed by atoms with Crippen LogP contribution in [0, 0.1) is 0 Å². The third kappa shape index (κ3) is 4.04. The second-order valence-electron chi connectivity index (χ2n) is 6.56. The van der Waals surface area contributed by atoms with Gasteiger partial charge in [0.2, 0.25) is 0 Å². The van der Waals surface area contributed by atoms with Crippen molar-refractivity contribution in [3.8, 4) is 0 Å². The minimum Gasteiger partial charge on any atom is -0.456 e. The molecule has 6 heteroatoms. The van der Waals surface area contributed by atoms with Gasteiger partial charge in [-0.25, -0.2) is 4.79 Å². The van der Waals surface area contributed by atoms with Gasteiger partial charge in [-0.05, 0) is 12.1 Å². The Labute approximate surface area is 157 Å². The van der Waals surface area contributed by atoms with E-state index in [-0.39, 0.29) is 12.1 Å². The first-order valence-corrected chi connectivity index (χ1v) is 9.01. The Morgan fingerprint density at radius 2 is 1.70 bits per heavy atom. The molecular weight excluding hydrogens is 348 g/mol. The summed E-state index contributed by atoms with van der Waals surface area (Å²) in [5.41, 5.74) is 1.42. The van der Waals surface area contributed by atoms with E-state index in [2.05, 4.69) is 0 Å². The van der Waals surface area contributed by atoms with Gasteiger partial charge in [0, 0.05) is 19.1 Å². The Kier molecular flexibility index (Phi) is 5.50. The fraction of sp³-hybridized carbons (Fsp3) is 0.381. The second kappa shape index (κ2) is 8.19. The highest BCUT2D eigenvalue weighted by Gasteiger charge is 2.46. The van der Waals surface area contributed by atoms with E-state index in [1.54, 1.807) is 31.4 Å². The SMILES string of the molecule is CO[C@@H]1C[C@@H](OC(=O)c2ccccc2)[C@H]2O[C@@H](c3ccccc3)OC[C@@H]2O1. The van der Waals surface area contributed by atoms with Crippen molar-refractivity contribution in [1.29, 1.82) is 0 Å². The van der Waals surface area contributed by atoms with Crippen molar-refractivity contribution in [1.82, 2.24) is 0 Å². The average Bonchev–Trinajstić information content (AvgIpc) is 2.74. The van der Waals surface area contributed by atoms with Crippen LogP contribution in [0.1, 0.15) is 28.6 Å². The molecule has 2 aromatic carbocycles. The summed E-state index contributed by atoms with van der Waals surface area (Å²) in [4.78, 5) is 12.5. The maximum absolute atomic E-state index is 12.5. The zero-order chi connectivity index (χ0) is 18.6. The summed E-state index contributed by atoms with van der Waals surface area (Å²) in [6.07, 6.45) is -1.87. The smallest absolute Gasteiger partial charge is 0.338 e. The Morgan fingerprint density at radius 3 is 2.41 bits per heavy atom. The molecule has 0 saturated carbocycles. The monoisotopic (exact) mass is 370 g/mol. The van der Waals surface area contributed by atoms with Crippen molar-refractivity contribution in [2.45, 2.75) is 37.3 Å². The fourth-order valence-corrected chi connectivity index (χ4v) is 3.40. The number of rotatable bonds is 4. The zero-order valence-corrected chi connectivity index (χ0v) is 15.0. The second-order valence-corrected chi connectivity index (χ2v) is 6.56. The first-order valence-electron chi connectivity index (χ1n) is 9.01. The molecule has 2 aliphatic rings. The summed E-state index contributed by atoms with van der Waals surface area (Å²) in [7, 11) is 1.57. The van der Waals surface area contributed by atoms with Gasteiger partial charge in [-0.3, -0.25) is 0 Å². The van der Waals surface area contributed by atoms with Gasteiger partial charge < -0.3 is 23.7 Å². The van der Waals surface area contributed by atoms with E-state index in [1.165, 1.54) is 0 Å². The zero-order valence-electron chi connectivity index (χ0n) is 15.0. The number of carbonyl (C=O) groups excluding carboxylic acids is 1. The topological polar surface area (TPSA) is 63.2 Å². The van der Waals surface area contributed by atoms with Crippen LogP contribution in [0.4, 0.5) is 0 Å². The average molecular weight is 370 g/mol. The Hall–Kier alpha value is -2.25. The van der Waals surface area contributed by atoms with Crippen molar-refractivity contribution in [2.75, 3.05) is 13.7 Å². The summed E-state index contributed by atoms with van der Waals surface area (Å²) in [5.74, 6) is -0.387. The number of carbonyl (C=O) groups is 1. The van der Waals surface area contributed by atoms with E-state index in [9.17, 15) is 4.79 Å². The predicted octanol–water partition coefficient (Wildman–Crippen LogP) is 3.09. The molecule has 142 valence electrons. The van der Waals surface area contributed by atoms with Gasteiger partial charge in [-0.2, -0.15) is 0 Å². The van der Waals surface area contributed by atoms with Crippen molar-refractivity contribution in [3.05, 3.63) is 71.8 Å². The predicted molar refractivity (Wildman–Crippen MR) is 95.9 cm³/mol. The van der Waals surface area contributed by atoms with E-state index in [1.807, 2.05) is 36.4 Å². The number of esters is 1. The highest BCUT2D eigenvalue weighted by atomic mass is 16.7. The summed E-state index contributed by atoms with van der Waals surface area (Å²) >= 11 is 0. The molecule has 0 bridgehead atoms. The minimum absolute atomic E-state index is 0.337. The van der Waals surface area contributed by atoms with Crippen LogP contribution in [0.25, 0.3) is 0 Å². The van der Waals surface area contributed by atoms with E-state index >= 15 is 0 Å². The van der Waals surface area contributed by atoms with Crippen LogP contribution in [-0.4, -0.2) is 44.3 Å². The molecular formula is C21H22O6. The van der Waals surface area contributed by atoms with Gasteiger partial charge in [-0.1, -0.05) is 48.5 Å². The molecule has 0 N–H and O–H groups in total. The Bertz CT molecular complexity index is 750. The quantitative estimate of drug-likeness (QED) is 0.771. The lowest BCUT2D eigenvalue weighted by atomic mass is 9.99. The fourth-order valence-electron chi connectivity index (χ4n) is 3.40. The van der Waals surface area contributed by atoms with Crippen LogP contribution >= 0.6 is 0 Å². The Balaban J connectivity index is 1.51. The number of ether oxygens (including phenoxy) is 5. The number of hydrogen-bond acceptors (Lipinski definition) is 6. The maximum Gasteiger partial charge on any atom is 0.338 e. The molecule has 6 nitrogen and oxygen atoms in total. The molecule has 5 atom stereocenters. The molecule has 0 amide bonds. The van der Waals surface area contributed by atoms with Gasteiger partial charge in [-0.15, -0.1) is 0 Å². The van der Waals surface area contributed by atoms with Crippen molar-refractivity contribution in [3.63, 3.8) is 0 Å². The van der Waals surface area contributed by atoms with E-state index < -0.39 is 24.8 Å². The van der Waals surface area contributed by atoms with E-state index in [0.717, 1.165) is 5.56 Å². The van der Waals surface area contributed by atoms with Crippen LogP contribution in [0.5, 0.6) is 0 Å². The summed E-state index contributed by atoms with van der Waals surface area (Å²) in [5, 5.41) is 0. The van der Waals surface area contributed by atoms with Gasteiger partial charge >= 0.3 is 5.97 Å². The molecule has 0 spiro atoms. The molecule has 27 heavy (non-hydrogen) atoms.